The number of urea groups is 1. The summed E-state index contributed by atoms with van der Waals surface area (Å²) in [5, 5.41) is 10.1. The normalized spacial score (nSPS) is 9.62. The van der Waals surface area contributed by atoms with Gasteiger partial charge >= 0.3 is 6.03 Å². The number of nitrogen functional groups attached to an aromatic ring is 1. The number of hydrogen-bond donors (Lipinski definition) is 3. The van der Waals surface area contributed by atoms with Crippen LogP contribution in [0.5, 0.6) is 0 Å². The van der Waals surface area contributed by atoms with E-state index in [2.05, 4.69) is 5.32 Å². The summed E-state index contributed by atoms with van der Waals surface area (Å²) in [4.78, 5) is 13.2. The lowest BCUT2D eigenvalue weighted by Gasteiger charge is -2.17. The van der Waals surface area contributed by atoms with E-state index in [4.69, 9.17) is 11.1 Å². The number of nitrogens with two attached hydrogens (primary N) is 1. The average molecular weight is 220 g/mol. The van der Waals surface area contributed by atoms with Crippen LogP contribution in [0.4, 0.5) is 10.5 Å². The molecule has 5 heteroatoms. The number of benzene rings is 1. The summed E-state index contributed by atoms with van der Waals surface area (Å²) in [6, 6.07) is 6.77. The highest BCUT2D eigenvalue weighted by Crippen LogP contribution is 2.14. The molecular weight excluding hydrogens is 204 g/mol. The van der Waals surface area contributed by atoms with E-state index < -0.39 is 0 Å². The van der Waals surface area contributed by atoms with Crippen LogP contribution in [0, 0.1) is 5.41 Å². The highest BCUT2D eigenvalue weighted by Gasteiger charge is 2.10. The van der Waals surface area contributed by atoms with Gasteiger partial charge < -0.3 is 16.0 Å². The predicted molar refractivity (Wildman–Crippen MR) is 64.8 cm³/mol. The number of hydrogen-bond acceptors (Lipinski definition) is 2. The number of para-hydroxylation sites is 1. The number of amides is 2. The van der Waals surface area contributed by atoms with E-state index in [1.165, 1.54) is 4.90 Å². The molecule has 0 saturated heterocycles. The van der Waals surface area contributed by atoms with Gasteiger partial charge in [-0.2, -0.15) is 0 Å². The molecule has 0 spiro atoms. The first kappa shape index (κ1) is 12.0. The van der Waals surface area contributed by atoms with Crippen molar-refractivity contribution in [1.29, 1.82) is 5.41 Å². The molecule has 0 unspecified atom stereocenters. The first-order chi connectivity index (χ1) is 7.56. The molecule has 0 fully saturated rings. The summed E-state index contributed by atoms with van der Waals surface area (Å²) >= 11 is 0. The zero-order chi connectivity index (χ0) is 12.1. The van der Waals surface area contributed by atoms with Crippen molar-refractivity contribution in [3.63, 3.8) is 0 Å². The molecule has 16 heavy (non-hydrogen) atoms. The number of carbonyl (C=O) groups is 1. The van der Waals surface area contributed by atoms with Crippen LogP contribution >= 0.6 is 0 Å². The van der Waals surface area contributed by atoms with E-state index in [9.17, 15) is 4.79 Å². The molecule has 0 atom stereocenters. The van der Waals surface area contributed by atoms with Crippen LogP contribution in [0.1, 0.15) is 12.5 Å². The van der Waals surface area contributed by atoms with Crippen molar-refractivity contribution >= 4 is 17.6 Å². The monoisotopic (exact) mass is 220 g/mol. The van der Waals surface area contributed by atoms with Gasteiger partial charge in [0, 0.05) is 19.2 Å². The van der Waals surface area contributed by atoms with Gasteiger partial charge in [-0.1, -0.05) is 12.1 Å². The second kappa shape index (κ2) is 5.16. The van der Waals surface area contributed by atoms with Gasteiger partial charge in [-0.05, 0) is 19.1 Å². The van der Waals surface area contributed by atoms with E-state index in [-0.39, 0.29) is 11.9 Å². The van der Waals surface area contributed by atoms with Crippen molar-refractivity contribution in [2.75, 3.05) is 18.9 Å². The lowest BCUT2D eigenvalue weighted by Crippen LogP contribution is -2.31. The molecule has 5 nitrogen and oxygen atoms in total. The van der Waals surface area contributed by atoms with Crippen LogP contribution in [-0.2, 0) is 0 Å². The maximum absolute atomic E-state index is 11.6. The van der Waals surface area contributed by atoms with Crippen LogP contribution in [0.3, 0.4) is 0 Å². The lowest BCUT2D eigenvalue weighted by molar-refractivity contribution is 0.224. The van der Waals surface area contributed by atoms with Gasteiger partial charge in [-0.3, -0.25) is 5.41 Å². The largest absolute Gasteiger partial charge is 0.384 e. The molecule has 1 rings (SSSR count). The minimum absolute atomic E-state index is 0.0601. The molecule has 1 aromatic carbocycles. The maximum Gasteiger partial charge on any atom is 0.321 e. The Balaban J connectivity index is 2.89. The smallest absolute Gasteiger partial charge is 0.321 e. The predicted octanol–water partition coefficient (Wildman–Crippen LogP) is 1.45. The third-order valence-electron chi connectivity index (χ3n) is 2.28. The molecule has 1 aromatic rings. The summed E-state index contributed by atoms with van der Waals surface area (Å²) in [6.45, 7) is 2.50. The second-order valence-electron chi connectivity index (χ2n) is 3.40. The zero-order valence-corrected chi connectivity index (χ0v) is 9.45. The third kappa shape index (κ3) is 2.73. The van der Waals surface area contributed by atoms with E-state index in [0.29, 0.717) is 17.8 Å². The van der Waals surface area contributed by atoms with Crippen molar-refractivity contribution in [3.8, 4) is 0 Å². The molecule has 0 aliphatic rings. The Labute approximate surface area is 94.8 Å². The van der Waals surface area contributed by atoms with Crippen molar-refractivity contribution < 1.29 is 4.79 Å². The van der Waals surface area contributed by atoms with Crippen molar-refractivity contribution in [1.82, 2.24) is 4.90 Å². The molecule has 0 aromatic heterocycles. The molecule has 0 radical (unpaired) electrons. The number of nitrogens with one attached hydrogen (secondary N) is 2. The van der Waals surface area contributed by atoms with Gasteiger partial charge in [0.25, 0.3) is 0 Å². The summed E-state index contributed by atoms with van der Waals surface area (Å²) in [5.41, 5.74) is 6.50. The number of carbonyl (C=O) groups excluding carboxylic acids is 1. The number of amidine groups is 1. The Morgan fingerprint density at radius 2 is 2.12 bits per heavy atom. The number of anilines is 1. The van der Waals surface area contributed by atoms with Crippen LogP contribution in [0.2, 0.25) is 0 Å². The highest BCUT2D eigenvalue weighted by molar-refractivity contribution is 6.03. The molecule has 0 aliphatic heterocycles. The SMILES string of the molecule is CCN(C)C(=O)Nc1ccccc1C(=N)N. The third-order valence-corrected chi connectivity index (χ3v) is 2.28. The quantitative estimate of drug-likeness (QED) is 0.532. The molecule has 0 saturated carbocycles. The second-order valence-corrected chi connectivity index (χ2v) is 3.40. The van der Waals surface area contributed by atoms with Gasteiger partial charge in [0.15, 0.2) is 0 Å². The topological polar surface area (TPSA) is 82.2 Å². The molecule has 2 amide bonds. The molecule has 4 N–H and O–H groups in total. The van der Waals surface area contributed by atoms with Crippen LogP contribution < -0.4 is 11.1 Å². The minimum Gasteiger partial charge on any atom is -0.384 e. The summed E-state index contributed by atoms with van der Waals surface area (Å²) in [5.74, 6) is -0.0601. The summed E-state index contributed by atoms with van der Waals surface area (Å²) < 4.78 is 0. The summed E-state index contributed by atoms with van der Waals surface area (Å²) in [6.07, 6.45) is 0. The number of rotatable bonds is 3. The van der Waals surface area contributed by atoms with E-state index >= 15 is 0 Å². The van der Waals surface area contributed by atoms with Gasteiger partial charge in [0.2, 0.25) is 0 Å². The molecule has 86 valence electrons. The van der Waals surface area contributed by atoms with Crippen LogP contribution in [0.15, 0.2) is 24.3 Å². The fraction of sp³-hybridized carbons (Fsp3) is 0.273. The molecule has 0 bridgehead atoms. The molecular formula is C11H16N4O. The Bertz CT molecular complexity index is 403. The fourth-order valence-electron chi connectivity index (χ4n) is 1.18. The van der Waals surface area contributed by atoms with Gasteiger partial charge in [-0.15, -0.1) is 0 Å². The highest BCUT2D eigenvalue weighted by atomic mass is 16.2. The van der Waals surface area contributed by atoms with Gasteiger partial charge in [0.1, 0.15) is 5.84 Å². The maximum atomic E-state index is 11.6. The number of nitrogens with zero attached hydrogens (tertiary/aromatic N) is 1. The van der Waals surface area contributed by atoms with Crippen LogP contribution in [-0.4, -0.2) is 30.4 Å². The van der Waals surface area contributed by atoms with E-state index in [1.54, 1.807) is 31.3 Å². The Morgan fingerprint density at radius 1 is 1.50 bits per heavy atom. The standard InChI is InChI=1S/C11H16N4O/c1-3-15(2)11(16)14-9-7-5-4-6-8(9)10(12)13/h4-7H,3H2,1-2H3,(H3,12,13)(H,14,16). The zero-order valence-electron chi connectivity index (χ0n) is 9.45. The minimum atomic E-state index is -0.212. The van der Waals surface area contributed by atoms with Crippen molar-refractivity contribution in [2.24, 2.45) is 5.73 Å². The van der Waals surface area contributed by atoms with E-state index in [0.717, 1.165) is 0 Å². The Morgan fingerprint density at radius 3 is 2.69 bits per heavy atom. The lowest BCUT2D eigenvalue weighted by atomic mass is 10.1. The first-order valence-electron chi connectivity index (χ1n) is 5.01. The molecule has 0 heterocycles. The first-order valence-corrected chi connectivity index (χ1v) is 5.01. The molecule has 0 aliphatic carbocycles. The van der Waals surface area contributed by atoms with E-state index in [1.807, 2.05) is 6.92 Å². The Kier molecular flexibility index (Phi) is 3.88. The van der Waals surface area contributed by atoms with Crippen LogP contribution in [0.25, 0.3) is 0 Å². The van der Waals surface area contributed by atoms with Crippen molar-refractivity contribution in [2.45, 2.75) is 6.92 Å². The van der Waals surface area contributed by atoms with Gasteiger partial charge in [0.05, 0.1) is 5.69 Å². The van der Waals surface area contributed by atoms with Gasteiger partial charge in [-0.25, -0.2) is 4.79 Å². The Hall–Kier alpha value is -2.04. The average Bonchev–Trinajstić information content (AvgIpc) is 2.28. The summed E-state index contributed by atoms with van der Waals surface area (Å²) in [7, 11) is 1.70. The van der Waals surface area contributed by atoms with Crippen molar-refractivity contribution in [3.05, 3.63) is 29.8 Å². The fourth-order valence-corrected chi connectivity index (χ4v) is 1.18.